The second kappa shape index (κ2) is 3.18. The molecule has 0 amide bonds. The predicted octanol–water partition coefficient (Wildman–Crippen LogP) is 1.82. The van der Waals surface area contributed by atoms with E-state index in [9.17, 15) is 0 Å². The van der Waals surface area contributed by atoms with Crippen LogP contribution in [-0.2, 0) is 0 Å². The van der Waals surface area contributed by atoms with Crippen molar-refractivity contribution in [3.8, 4) is 0 Å². The van der Waals surface area contributed by atoms with Gasteiger partial charge in [-0.05, 0) is 35.8 Å². The number of hydrogen-bond donors (Lipinski definition) is 1. The van der Waals surface area contributed by atoms with Crippen LogP contribution >= 0.6 is 15.9 Å². The van der Waals surface area contributed by atoms with Crippen molar-refractivity contribution in [2.75, 3.05) is 13.1 Å². The van der Waals surface area contributed by atoms with Crippen LogP contribution in [0.3, 0.4) is 0 Å². The van der Waals surface area contributed by atoms with E-state index in [0.717, 1.165) is 35.8 Å². The molecule has 3 nitrogen and oxygen atoms in total. The molecule has 0 spiro atoms. The first kappa shape index (κ1) is 8.26. The Labute approximate surface area is 79.7 Å². The standard InChI is InChI=1S/C8H11BrN2O/c1-5-7(9)12-8(11-5)6-2-3-10-4-6/h6,10H,2-4H2,1H3. The highest BCUT2D eigenvalue weighted by molar-refractivity contribution is 9.10. The van der Waals surface area contributed by atoms with Crippen LogP contribution in [-0.4, -0.2) is 18.1 Å². The number of rotatable bonds is 1. The van der Waals surface area contributed by atoms with Gasteiger partial charge in [0, 0.05) is 12.5 Å². The molecule has 1 fully saturated rings. The number of nitrogens with zero attached hydrogens (tertiary/aromatic N) is 1. The largest absolute Gasteiger partial charge is 0.433 e. The van der Waals surface area contributed by atoms with Crippen LogP contribution in [0.15, 0.2) is 9.09 Å². The van der Waals surface area contributed by atoms with Crippen molar-refractivity contribution in [1.82, 2.24) is 10.3 Å². The Kier molecular flexibility index (Phi) is 2.19. The van der Waals surface area contributed by atoms with Crippen molar-refractivity contribution in [1.29, 1.82) is 0 Å². The summed E-state index contributed by atoms with van der Waals surface area (Å²) >= 11 is 3.31. The second-order valence-corrected chi connectivity index (χ2v) is 3.82. The van der Waals surface area contributed by atoms with Crippen LogP contribution in [0.5, 0.6) is 0 Å². The Morgan fingerprint density at radius 2 is 2.50 bits per heavy atom. The fraction of sp³-hybridized carbons (Fsp3) is 0.625. The number of aryl methyl sites for hydroxylation is 1. The topological polar surface area (TPSA) is 38.1 Å². The third-order valence-corrected chi connectivity index (χ3v) is 2.90. The minimum Gasteiger partial charge on any atom is -0.433 e. The maximum Gasteiger partial charge on any atom is 0.200 e. The van der Waals surface area contributed by atoms with E-state index in [0.29, 0.717) is 5.92 Å². The maximum atomic E-state index is 5.46. The van der Waals surface area contributed by atoms with E-state index in [1.54, 1.807) is 0 Å². The number of halogens is 1. The summed E-state index contributed by atoms with van der Waals surface area (Å²) in [4.78, 5) is 4.34. The summed E-state index contributed by atoms with van der Waals surface area (Å²) in [5, 5.41) is 3.28. The molecule has 2 rings (SSSR count). The molecule has 1 aliphatic rings. The minimum absolute atomic E-state index is 0.468. The van der Waals surface area contributed by atoms with Gasteiger partial charge in [0.2, 0.25) is 0 Å². The number of hydrogen-bond acceptors (Lipinski definition) is 3. The molecule has 0 aromatic carbocycles. The van der Waals surface area contributed by atoms with E-state index >= 15 is 0 Å². The molecule has 1 atom stereocenters. The highest BCUT2D eigenvalue weighted by atomic mass is 79.9. The lowest BCUT2D eigenvalue weighted by atomic mass is 10.1. The Bertz CT molecular complexity index is 259. The first-order valence-electron chi connectivity index (χ1n) is 4.11. The number of nitrogens with one attached hydrogen (secondary N) is 1. The molecule has 12 heavy (non-hydrogen) atoms. The van der Waals surface area contributed by atoms with Gasteiger partial charge in [-0.25, -0.2) is 4.98 Å². The predicted molar refractivity (Wildman–Crippen MR) is 49.2 cm³/mol. The van der Waals surface area contributed by atoms with Gasteiger partial charge in [-0.2, -0.15) is 0 Å². The summed E-state index contributed by atoms with van der Waals surface area (Å²) in [6, 6.07) is 0. The molecule has 1 saturated heterocycles. The summed E-state index contributed by atoms with van der Waals surface area (Å²) < 4.78 is 6.23. The van der Waals surface area contributed by atoms with Crippen molar-refractivity contribution >= 4 is 15.9 Å². The van der Waals surface area contributed by atoms with Crippen molar-refractivity contribution in [2.45, 2.75) is 19.3 Å². The molecule has 4 heteroatoms. The Balaban J connectivity index is 2.21. The van der Waals surface area contributed by atoms with Crippen LogP contribution in [0.4, 0.5) is 0 Å². The SMILES string of the molecule is Cc1nc(C2CCNC2)oc1Br. The molecule has 1 aromatic rings. The van der Waals surface area contributed by atoms with Gasteiger partial charge in [0.25, 0.3) is 0 Å². The van der Waals surface area contributed by atoms with E-state index < -0.39 is 0 Å². The lowest BCUT2D eigenvalue weighted by molar-refractivity contribution is 0.441. The first-order valence-corrected chi connectivity index (χ1v) is 4.90. The van der Waals surface area contributed by atoms with Gasteiger partial charge in [0.1, 0.15) is 0 Å². The fourth-order valence-electron chi connectivity index (χ4n) is 1.44. The van der Waals surface area contributed by atoms with E-state index in [1.807, 2.05) is 6.92 Å². The molecule has 0 aliphatic carbocycles. The van der Waals surface area contributed by atoms with Gasteiger partial charge in [-0.3, -0.25) is 0 Å². The Morgan fingerprint density at radius 3 is 3.00 bits per heavy atom. The van der Waals surface area contributed by atoms with Gasteiger partial charge < -0.3 is 9.73 Å². The summed E-state index contributed by atoms with van der Waals surface area (Å²) in [7, 11) is 0. The highest BCUT2D eigenvalue weighted by Gasteiger charge is 2.22. The first-order chi connectivity index (χ1) is 5.77. The van der Waals surface area contributed by atoms with E-state index in [1.165, 1.54) is 0 Å². The van der Waals surface area contributed by atoms with Crippen LogP contribution < -0.4 is 5.32 Å². The average Bonchev–Trinajstić information content (AvgIpc) is 2.61. The molecule has 1 aromatic heterocycles. The van der Waals surface area contributed by atoms with Gasteiger partial charge >= 0.3 is 0 Å². The van der Waals surface area contributed by atoms with Crippen LogP contribution in [0.2, 0.25) is 0 Å². The lowest BCUT2D eigenvalue weighted by Crippen LogP contribution is -2.08. The van der Waals surface area contributed by atoms with E-state index in [2.05, 4.69) is 26.2 Å². The smallest absolute Gasteiger partial charge is 0.200 e. The summed E-state index contributed by atoms with van der Waals surface area (Å²) in [6.45, 7) is 4.01. The quantitative estimate of drug-likeness (QED) is 0.801. The monoisotopic (exact) mass is 230 g/mol. The fourth-order valence-corrected chi connectivity index (χ4v) is 1.69. The van der Waals surface area contributed by atoms with Crippen molar-refractivity contribution in [2.24, 2.45) is 0 Å². The lowest BCUT2D eigenvalue weighted by Gasteiger charge is -1.99. The molecule has 1 aliphatic heterocycles. The third-order valence-electron chi connectivity index (χ3n) is 2.17. The zero-order valence-corrected chi connectivity index (χ0v) is 8.52. The molecule has 1 unspecified atom stereocenters. The Morgan fingerprint density at radius 1 is 1.67 bits per heavy atom. The molecule has 2 heterocycles. The minimum atomic E-state index is 0.468. The van der Waals surface area contributed by atoms with Crippen molar-refractivity contribution in [3.63, 3.8) is 0 Å². The molecular weight excluding hydrogens is 220 g/mol. The maximum absolute atomic E-state index is 5.46. The van der Waals surface area contributed by atoms with E-state index in [4.69, 9.17) is 4.42 Å². The number of oxazole rings is 1. The van der Waals surface area contributed by atoms with Gasteiger partial charge in [-0.1, -0.05) is 0 Å². The van der Waals surface area contributed by atoms with Crippen LogP contribution in [0, 0.1) is 6.92 Å². The molecule has 0 saturated carbocycles. The third kappa shape index (κ3) is 1.41. The van der Waals surface area contributed by atoms with Crippen LogP contribution in [0.1, 0.15) is 23.9 Å². The molecule has 0 bridgehead atoms. The van der Waals surface area contributed by atoms with Gasteiger partial charge in [0.15, 0.2) is 10.6 Å². The normalized spacial score (nSPS) is 23.3. The molecule has 66 valence electrons. The zero-order valence-electron chi connectivity index (χ0n) is 6.93. The molecular formula is C8H11BrN2O. The van der Waals surface area contributed by atoms with E-state index in [-0.39, 0.29) is 0 Å². The van der Waals surface area contributed by atoms with Crippen LogP contribution in [0.25, 0.3) is 0 Å². The van der Waals surface area contributed by atoms with Crippen molar-refractivity contribution < 1.29 is 4.42 Å². The summed E-state index contributed by atoms with van der Waals surface area (Å²) in [5.41, 5.74) is 0.942. The molecule has 0 radical (unpaired) electrons. The average molecular weight is 231 g/mol. The molecule has 1 N–H and O–H groups in total. The number of aromatic nitrogens is 1. The van der Waals surface area contributed by atoms with Crippen molar-refractivity contribution in [3.05, 3.63) is 16.3 Å². The Hall–Kier alpha value is -0.350. The van der Waals surface area contributed by atoms with Gasteiger partial charge in [-0.15, -0.1) is 0 Å². The summed E-state index contributed by atoms with van der Waals surface area (Å²) in [5.74, 6) is 1.33. The second-order valence-electron chi connectivity index (χ2n) is 3.10. The van der Waals surface area contributed by atoms with Gasteiger partial charge in [0.05, 0.1) is 5.69 Å². The zero-order chi connectivity index (χ0) is 8.55. The highest BCUT2D eigenvalue weighted by Crippen LogP contribution is 2.26. The summed E-state index contributed by atoms with van der Waals surface area (Å²) in [6.07, 6.45) is 1.13.